The van der Waals surface area contributed by atoms with E-state index in [2.05, 4.69) is 34.5 Å². The number of hydrogen-bond acceptors (Lipinski definition) is 3. The normalized spacial score (nSPS) is 16.8. The molecular formula is C18H19N5O. The smallest absolute Gasteiger partial charge is 0.226 e. The van der Waals surface area contributed by atoms with E-state index in [9.17, 15) is 4.79 Å². The van der Waals surface area contributed by atoms with Crippen LogP contribution in [-0.2, 0) is 18.4 Å². The molecule has 1 aromatic carbocycles. The lowest BCUT2D eigenvalue weighted by Crippen LogP contribution is -2.25. The Hall–Kier alpha value is -2.89. The minimum atomic E-state index is -0.0572. The van der Waals surface area contributed by atoms with Crippen molar-refractivity contribution in [2.45, 2.75) is 25.8 Å². The summed E-state index contributed by atoms with van der Waals surface area (Å²) < 4.78 is 3.93. The average molecular weight is 321 g/mol. The molecule has 1 aliphatic heterocycles. The van der Waals surface area contributed by atoms with Crippen molar-refractivity contribution in [3.8, 4) is 0 Å². The number of aryl methyl sites for hydroxylation is 1. The molecule has 1 atom stereocenters. The van der Waals surface area contributed by atoms with E-state index in [-0.39, 0.29) is 11.8 Å². The highest BCUT2D eigenvalue weighted by molar-refractivity contribution is 5.94. The molecule has 6 nitrogen and oxygen atoms in total. The van der Waals surface area contributed by atoms with Crippen molar-refractivity contribution in [3.63, 3.8) is 0 Å². The van der Waals surface area contributed by atoms with Crippen molar-refractivity contribution in [1.29, 1.82) is 0 Å². The van der Waals surface area contributed by atoms with Crippen LogP contribution in [0.4, 0.5) is 5.82 Å². The summed E-state index contributed by atoms with van der Waals surface area (Å²) in [5.74, 6) is 1.49. The molecule has 6 heteroatoms. The van der Waals surface area contributed by atoms with Gasteiger partial charge in [0.25, 0.3) is 0 Å². The van der Waals surface area contributed by atoms with Gasteiger partial charge in [0.15, 0.2) is 5.82 Å². The summed E-state index contributed by atoms with van der Waals surface area (Å²) in [5.41, 5.74) is 3.32. The fourth-order valence-electron chi connectivity index (χ4n) is 3.38. The van der Waals surface area contributed by atoms with Gasteiger partial charge in [-0.15, -0.1) is 0 Å². The first-order valence-corrected chi connectivity index (χ1v) is 8.02. The highest BCUT2D eigenvalue weighted by Crippen LogP contribution is 2.38. The molecule has 3 heterocycles. The van der Waals surface area contributed by atoms with Crippen molar-refractivity contribution in [2.24, 2.45) is 7.05 Å². The first-order valence-electron chi connectivity index (χ1n) is 8.02. The van der Waals surface area contributed by atoms with Crippen LogP contribution < -0.4 is 5.32 Å². The molecule has 1 amide bonds. The molecule has 1 N–H and O–H groups in total. The molecule has 0 saturated carbocycles. The monoisotopic (exact) mass is 321 g/mol. The first-order chi connectivity index (χ1) is 11.6. The van der Waals surface area contributed by atoms with E-state index in [1.165, 1.54) is 5.56 Å². The Morgan fingerprint density at radius 3 is 2.79 bits per heavy atom. The van der Waals surface area contributed by atoms with Gasteiger partial charge in [0.1, 0.15) is 5.82 Å². The van der Waals surface area contributed by atoms with E-state index in [4.69, 9.17) is 0 Å². The van der Waals surface area contributed by atoms with Crippen LogP contribution in [0.15, 0.2) is 42.7 Å². The molecular weight excluding hydrogens is 302 g/mol. The van der Waals surface area contributed by atoms with E-state index in [0.717, 1.165) is 17.1 Å². The number of aromatic nitrogens is 4. The van der Waals surface area contributed by atoms with Crippen molar-refractivity contribution >= 4 is 11.7 Å². The van der Waals surface area contributed by atoms with Gasteiger partial charge in [-0.1, -0.05) is 30.3 Å². The molecule has 2 aromatic heterocycles. The summed E-state index contributed by atoms with van der Waals surface area (Å²) in [4.78, 5) is 16.6. The standard InChI is InChI=1S/C18H19N5O/c1-12-16-14(18-19-8-9-22(18)2)10-15(24)20-17(16)21-23(12)11-13-6-4-3-5-7-13/h3-9,14H,10-11H2,1-2H3,(H,20,21,24)/t14-/m1/s1. The third-order valence-corrected chi connectivity index (χ3v) is 4.59. The summed E-state index contributed by atoms with van der Waals surface area (Å²) in [6, 6.07) is 10.2. The van der Waals surface area contributed by atoms with Crippen LogP contribution in [0.3, 0.4) is 0 Å². The van der Waals surface area contributed by atoms with E-state index in [0.29, 0.717) is 18.8 Å². The van der Waals surface area contributed by atoms with Crippen molar-refractivity contribution < 1.29 is 4.79 Å². The number of nitrogens with zero attached hydrogens (tertiary/aromatic N) is 4. The maximum Gasteiger partial charge on any atom is 0.226 e. The number of carbonyl (C=O) groups excluding carboxylic acids is 1. The predicted molar refractivity (Wildman–Crippen MR) is 90.8 cm³/mol. The van der Waals surface area contributed by atoms with Gasteiger partial charge in [-0.05, 0) is 12.5 Å². The van der Waals surface area contributed by atoms with Crippen LogP contribution in [0, 0.1) is 6.92 Å². The van der Waals surface area contributed by atoms with E-state index in [1.807, 2.05) is 40.7 Å². The van der Waals surface area contributed by atoms with Gasteiger partial charge < -0.3 is 9.88 Å². The van der Waals surface area contributed by atoms with Crippen LogP contribution in [0.1, 0.15) is 35.0 Å². The molecule has 0 saturated heterocycles. The molecule has 3 aromatic rings. The molecule has 0 bridgehead atoms. The predicted octanol–water partition coefficient (Wildman–Crippen LogP) is 2.45. The Balaban J connectivity index is 1.77. The molecule has 0 radical (unpaired) electrons. The van der Waals surface area contributed by atoms with Gasteiger partial charge in [0.05, 0.1) is 12.5 Å². The minimum Gasteiger partial charge on any atom is -0.337 e. The number of carbonyl (C=O) groups is 1. The Bertz CT molecular complexity index is 894. The van der Waals surface area contributed by atoms with Crippen LogP contribution in [-0.4, -0.2) is 25.2 Å². The molecule has 0 fully saturated rings. The fraction of sp³-hybridized carbons (Fsp3) is 0.278. The van der Waals surface area contributed by atoms with E-state index < -0.39 is 0 Å². The molecule has 0 spiro atoms. The number of anilines is 1. The van der Waals surface area contributed by atoms with Crippen LogP contribution in [0.25, 0.3) is 0 Å². The van der Waals surface area contributed by atoms with Crippen LogP contribution >= 0.6 is 0 Å². The molecule has 4 rings (SSSR count). The second-order valence-corrected chi connectivity index (χ2v) is 6.19. The zero-order valence-corrected chi connectivity index (χ0v) is 13.7. The summed E-state index contributed by atoms with van der Waals surface area (Å²) in [6.45, 7) is 2.74. The summed E-state index contributed by atoms with van der Waals surface area (Å²) in [7, 11) is 1.96. The Kier molecular flexibility index (Phi) is 3.45. The lowest BCUT2D eigenvalue weighted by Gasteiger charge is -2.22. The Labute approximate surface area is 140 Å². The van der Waals surface area contributed by atoms with Crippen molar-refractivity contribution in [3.05, 3.63) is 65.4 Å². The third kappa shape index (κ3) is 2.40. The number of benzene rings is 1. The van der Waals surface area contributed by atoms with Crippen molar-refractivity contribution in [1.82, 2.24) is 19.3 Å². The molecule has 122 valence electrons. The first kappa shape index (κ1) is 14.7. The van der Waals surface area contributed by atoms with Gasteiger partial charge in [0, 0.05) is 37.1 Å². The number of imidazole rings is 1. The second-order valence-electron chi connectivity index (χ2n) is 6.19. The summed E-state index contributed by atoms with van der Waals surface area (Å²) in [6.07, 6.45) is 4.08. The van der Waals surface area contributed by atoms with Gasteiger partial charge in [-0.2, -0.15) is 5.10 Å². The topological polar surface area (TPSA) is 64.7 Å². The molecule has 1 aliphatic rings. The number of rotatable bonds is 3. The second kappa shape index (κ2) is 5.63. The third-order valence-electron chi connectivity index (χ3n) is 4.59. The lowest BCUT2D eigenvalue weighted by atomic mass is 9.91. The SMILES string of the molecule is Cc1c2c(nn1Cc1ccccc1)NC(=O)C[C@H]2c1nccn1C. The maximum atomic E-state index is 12.1. The van der Waals surface area contributed by atoms with Gasteiger partial charge >= 0.3 is 0 Å². The summed E-state index contributed by atoms with van der Waals surface area (Å²) in [5, 5.41) is 7.54. The van der Waals surface area contributed by atoms with Crippen molar-refractivity contribution in [2.75, 3.05) is 5.32 Å². The molecule has 0 unspecified atom stereocenters. The van der Waals surface area contributed by atoms with Gasteiger partial charge in [-0.25, -0.2) is 4.98 Å². The molecule has 24 heavy (non-hydrogen) atoms. The van der Waals surface area contributed by atoms with Crippen LogP contribution in [0.5, 0.6) is 0 Å². The quantitative estimate of drug-likeness (QED) is 0.806. The average Bonchev–Trinajstić information content (AvgIpc) is 3.12. The largest absolute Gasteiger partial charge is 0.337 e. The van der Waals surface area contributed by atoms with Gasteiger partial charge in [0.2, 0.25) is 5.91 Å². The van der Waals surface area contributed by atoms with E-state index >= 15 is 0 Å². The molecule has 0 aliphatic carbocycles. The Morgan fingerprint density at radius 1 is 1.29 bits per heavy atom. The highest BCUT2D eigenvalue weighted by Gasteiger charge is 2.33. The lowest BCUT2D eigenvalue weighted by molar-refractivity contribution is -0.116. The summed E-state index contributed by atoms with van der Waals surface area (Å²) >= 11 is 0. The van der Waals surface area contributed by atoms with E-state index in [1.54, 1.807) is 6.20 Å². The highest BCUT2D eigenvalue weighted by atomic mass is 16.1. The zero-order chi connectivity index (χ0) is 16.7. The van der Waals surface area contributed by atoms with Gasteiger partial charge in [-0.3, -0.25) is 9.48 Å². The fourth-order valence-corrected chi connectivity index (χ4v) is 3.38. The maximum absolute atomic E-state index is 12.1. The zero-order valence-electron chi connectivity index (χ0n) is 13.7. The Morgan fingerprint density at radius 2 is 2.08 bits per heavy atom. The minimum absolute atomic E-state index is 0.0140. The number of fused-ring (bicyclic) bond motifs is 1. The number of amides is 1. The van der Waals surface area contributed by atoms with Crippen LogP contribution in [0.2, 0.25) is 0 Å². The number of nitrogens with one attached hydrogen (secondary N) is 1. The number of hydrogen-bond donors (Lipinski definition) is 1.